The number of likely N-dealkylation sites (tertiary alicyclic amines) is 1. The van der Waals surface area contributed by atoms with Crippen LogP contribution in [-0.4, -0.2) is 42.3 Å². The van der Waals surface area contributed by atoms with Gasteiger partial charge in [0.15, 0.2) is 0 Å². The van der Waals surface area contributed by atoms with E-state index < -0.39 is 6.10 Å². The van der Waals surface area contributed by atoms with Crippen molar-refractivity contribution in [2.75, 3.05) is 20.2 Å². The van der Waals surface area contributed by atoms with E-state index in [9.17, 15) is 9.90 Å². The highest BCUT2D eigenvalue weighted by Crippen LogP contribution is 2.26. The number of aryl methyl sites for hydroxylation is 1. The standard InChI is InChI=1S/C17H26N2O3/c1-11-5-6-16(22-4)14(9-11)13(3)18-17(21)19-8-7-12(2)15(20)10-19/h5-6,9,12-13,15,20H,7-8,10H2,1-4H3,(H,18,21). The van der Waals surface area contributed by atoms with E-state index in [4.69, 9.17) is 4.74 Å². The summed E-state index contributed by atoms with van der Waals surface area (Å²) in [6.45, 7) is 7.05. The summed E-state index contributed by atoms with van der Waals surface area (Å²) >= 11 is 0. The van der Waals surface area contributed by atoms with Crippen LogP contribution in [0.4, 0.5) is 4.79 Å². The molecule has 5 nitrogen and oxygen atoms in total. The van der Waals surface area contributed by atoms with Gasteiger partial charge in [0.1, 0.15) is 5.75 Å². The minimum Gasteiger partial charge on any atom is -0.496 e. The molecule has 2 amide bonds. The number of urea groups is 1. The van der Waals surface area contributed by atoms with Crippen molar-refractivity contribution in [3.63, 3.8) is 0 Å². The fourth-order valence-electron chi connectivity index (χ4n) is 2.78. The summed E-state index contributed by atoms with van der Waals surface area (Å²) < 4.78 is 5.37. The molecular formula is C17H26N2O3. The third-order valence-corrected chi connectivity index (χ3v) is 4.40. The van der Waals surface area contributed by atoms with E-state index in [1.54, 1.807) is 12.0 Å². The molecule has 1 aliphatic rings. The van der Waals surface area contributed by atoms with Crippen LogP contribution in [0.2, 0.25) is 0 Å². The first-order valence-corrected chi connectivity index (χ1v) is 7.80. The van der Waals surface area contributed by atoms with E-state index in [0.29, 0.717) is 13.1 Å². The fourth-order valence-corrected chi connectivity index (χ4v) is 2.78. The number of nitrogens with zero attached hydrogens (tertiary/aromatic N) is 1. The van der Waals surface area contributed by atoms with Crippen LogP contribution in [0, 0.1) is 12.8 Å². The number of nitrogens with one attached hydrogen (secondary N) is 1. The molecule has 2 rings (SSSR count). The molecule has 0 bridgehead atoms. The van der Waals surface area contributed by atoms with Crippen LogP contribution in [0.15, 0.2) is 18.2 Å². The molecule has 122 valence electrons. The monoisotopic (exact) mass is 306 g/mol. The van der Waals surface area contributed by atoms with Gasteiger partial charge < -0.3 is 20.1 Å². The number of hydrogen-bond acceptors (Lipinski definition) is 3. The second-order valence-corrected chi connectivity index (χ2v) is 6.20. The maximum atomic E-state index is 12.4. The number of rotatable bonds is 3. The largest absolute Gasteiger partial charge is 0.496 e. The molecule has 5 heteroatoms. The highest BCUT2D eigenvalue weighted by Gasteiger charge is 2.28. The number of aliphatic hydroxyl groups excluding tert-OH is 1. The van der Waals surface area contributed by atoms with Gasteiger partial charge >= 0.3 is 6.03 Å². The summed E-state index contributed by atoms with van der Waals surface area (Å²) in [7, 11) is 1.63. The molecule has 1 fully saturated rings. The zero-order valence-corrected chi connectivity index (χ0v) is 13.8. The van der Waals surface area contributed by atoms with Crippen molar-refractivity contribution in [2.24, 2.45) is 5.92 Å². The average Bonchev–Trinajstić information content (AvgIpc) is 2.49. The molecule has 3 atom stereocenters. The molecule has 0 aliphatic carbocycles. The molecule has 22 heavy (non-hydrogen) atoms. The Bertz CT molecular complexity index is 533. The molecule has 0 aromatic heterocycles. The third-order valence-electron chi connectivity index (χ3n) is 4.40. The summed E-state index contributed by atoms with van der Waals surface area (Å²) in [6, 6.07) is 5.64. The van der Waals surface area contributed by atoms with E-state index in [2.05, 4.69) is 5.32 Å². The van der Waals surface area contributed by atoms with Crippen LogP contribution >= 0.6 is 0 Å². The van der Waals surface area contributed by atoms with Gasteiger partial charge in [-0.1, -0.05) is 24.6 Å². The van der Waals surface area contributed by atoms with Crippen LogP contribution < -0.4 is 10.1 Å². The Morgan fingerprint density at radius 1 is 1.50 bits per heavy atom. The quantitative estimate of drug-likeness (QED) is 0.902. The average molecular weight is 306 g/mol. The second-order valence-electron chi connectivity index (χ2n) is 6.20. The van der Waals surface area contributed by atoms with Crippen molar-refractivity contribution in [1.82, 2.24) is 10.2 Å². The molecule has 1 aromatic carbocycles. The molecule has 2 N–H and O–H groups in total. The number of hydrogen-bond donors (Lipinski definition) is 2. The van der Waals surface area contributed by atoms with E-state index in [1.165, 1.54) is 0 Å². The lowest BCUT2D eigenvalue weighted by Crippen LogP contribution is -2.50. The van der Waals surface area contributed by atoms with Crippen molar-refractivity contribution in [3.05, 3.63) is 29.3 Å². The van der Waals surface area contributed by atoms with Gasteiger partial charge in [-0.05, 0) is 32.3 Å². The number of ether oxygens (including phenoxy) is 1. The van der Waals surface area contributed by atoms with Crippen molar-refractivity contribution in [1.29, 1.82) is 0 Å². The first kappa shape index (κ1) is 16.6. The number of methoxy groups -OCH3 is 1. The van der Waals surface area contributed by atoms with Crippen LogP contribution in [-0.2, 0) is 0 Å². The van der Waals surface area contributed by atoms with Crippen LogP contribution in [0.25, 0.3) is 0 Å². The summed E-state index contributed by atoms with van der Waals surface area (Å²) in [6.07, 6.45) is 0.389. The number of piperidine rings is 1. The zero-order valence-electron chi connectivity index (χ0n) is 13.8. The molecule has 1 heterocycles. The maximum Gasteiger partial charge on any atom is 0.317 e. The van der Waals surface area contributed by atoms with Gasteiger partial charge in [0.2, 0.25) is 0 Å². The van der Waals surface area contributed by atoms with Crippen molar-refractivity contribution < 1.29 is 14.6 Å². The van der Waals surface area contributed by atoms with Gasteiger partial charge in [0, 0.05) is 18.7 Å². The normalized spacial score (nSPS) is 23.0. The van der Waals surface area contributed by atoms with Gasteiger partial charge in [0.05, 0.1) is 19.3 Å². The van der Waals surface area contributed by atoms with Gasteiger partial charge in [-0.25, -0.2) is 4.79 Å². The highest BCUT2D eigenvalue weighted by molar-refractivity contribution is 5.75. The van der Waals surface area contributed by atoms with Gasteiger partial charge in [-0.3, -0.25) is 0 Å². The Kier molecular flexibility index (Phi) is 5.29. The lowest BCUT2D eigenvalue weighted by atomic mass is 9.96. The zero-order chi connectivity index (χ0) is 16.3. The number of carbonyl (C=O) groups is 1. The number of aliphatic hydroxyl groups is 1. The molecular weight excluding hydrogens is 280 g/mol. The van der Waals surface area contributed by atoms with Crippen LogP contribution in [0.5, 0.6) is 5.75 Å². The van der Waals surface area contributed by atoms with Crippen molar-refractivity contribution >= 4 is 6.03 Å². The molecule has 0 spiro atoms. The molecule has 1 saturated heterocycles. The van der Waals surface area contributed by atoms with E-state index in [0.717, 1.165) is 23.3 Å². The summed E-state index contributed by atoms with van der Waals surface area (Å²) in [5.41, 5.74) is 2.08. The lowest BCUT2D eigenvalue weighted by molar-refractivity contribution is 0.0431. The van der Waals surface area contributed by atoms with E-state index in [-0.39, 0.29) is 18.0 Å². The van der Waals surface area contributed by atoms with Crippen molar-refractivity contribution in [3.8, 4) is 5.75 Å². The predicted octanol–water partition coefficient (Wildman–Crippen LogP) is 2.48. The first-order chi connectivity index (χ1) is 10.4. The van der Waals surface area contributed by atoms with Crippen molar-refractivity contribution in [2.45, 2.75) is 39.3 Å². The lowest BCUT2D eigenvalue weighted by Gasteiger charge is -2.35. The second kappa shape index (κ2) is 7.01. The van der Waals surface area contributed by atoms with E-state index >= 15 is 0 Å². The number of β-amino-alcohol motifs (C(OH)–C–C–N with tert-alkyl or cyclic N) is 1. The van der Waals surface area contributed by atoms with Crippen LogP contribution in [0.1, 0.15) is 37.4 Å². The summed E-state index contributed by atoms with van der Waals surface area (Å²) in [5, 5.41) is 12.9. The number of carbonyl (C=O) groups excluding carboxylic acids is 1. The Labute approximate surface area is 132 Å². The molecule has 3 unspecified atom stereocenters. The van der Waals surface area contributed by atoms with E-state index in [1.807, 2.05) is 39.0 Å². The Balaban J connectivity index is 2.04. The highest BCUT2D eigenvalue weighted by atomic mass is 16.5. The number of benzene rings is 1. The Morgan fingerprint density at radius 2 is 2.23 bits per heavy atom. The minimum atomic E-state index is -0.441. The molecule has 1 aliphatic heterocycles. The predicted molar refractivity (Wildman–Crippen MR) is 86.0 cm³/mol. The van der Waals surface area contributed by atoms with Gasteiger partial charge in [-0.15, -0.1) is 0 Å². The SMILES string of the molecule is COc1ccc(C)cc1C(C)NC(=O)N1CCC(C)C(O)C1. The summed E-state index contributed by atoms with van der Waals surface area (Å²) in [5.74, 6) is 1.02. The maximum absolute atomic E-state index is 12.4. The smallest absolute Gasteiger partial charge is 0.317 e. The Morgan fingerprint density at radius 3 is 2.86 bits per heavy atom. The van der Waals surface area contributed by atoms with Crippen LogP contribution in [0.3, 0.4) is 0 Å². The van der Waals surface area contributed by atoms with Gasteiger partial charge in [0.25, 0.3) is 0 Å². The van der Waals surface area contributed by atoms with Gasteiger partial charge in [-0.2, -0.15) is 0 Å². The first-order valence-electron chi connectivity index (χ1n) is 7.80. The topological polar surface area (TPSA) is 61.8 Å². The number of amides is 2. The minimum absolute atomic E-state index is 0.137. The summed E-state index contributed by atoms with van der Waals surface area (Å²) in [4.78, 5) is 14.1. The third kappa shape index (κ3) is 3.71. The fraction of sp³-hybridized carbons (Fsp3) is 0.588. The molecule has 1 aromatic rings. The molecule has 0 radical (unpaired) electrons. The molecule has 0 saturated carbocycles. The Hall–Kier alpha value is -1.75.